The molecule has 0 bridgehead atoms. The first-order chi connectivity index (χ1) is 8.21. The molecular formula is C13H14O4. The summed E-state index contributed by atoms with van der Waals surface area (Å²) in [5, 5.41) is 0. The first kappa shape index (κ1) is 11.5. The fourth-order valence-electron chi connectivity index (χ4n) is 1.97. The Labute approximate surface area is 99.8 Å². The van der Waals surface area contributed by atoms with Crippen molar-refractivity contribution < 1.29 is 19.0 Å². The van der Waals surface area contributed by atoms with Gasteiger partial charge in [0, 0.05) is 17.6 Å². The van der Waals surface area contributed by atoms with Gasteiger partial charge in [-0.25, -0.2) is 0 Å². The summed E-state index contributed by atoms with van der Waals surface area (Å²) in [6, 6.07) is 3.55. The summed E-state index contributed by atoms with van der Waals surface area (Å²) in [6.45, 7) is 0. The minimum atomic E-state index is -0.0113. The number of carbonyl (C=O) groups excluding carboxylic acids is 1. The molecule has 1 aliphatic rings. The summed E-state index contributed by atoms with van der Waals surface area (Å²) in [5.74, 6) is 1.19. The van der Waals surface area contributed by atoms with Gasteiger partial charge >= 0.3 is 0 Å². The van der Waals surface area contributed by atoms with Crippen molar-refractivity contribution in [3.63, 3.8) is 0 Å². The lowest BCUT2D eigenvalue weighted by Gasteiger charge is -2.08. The number of rotatable bonds is 3. The zero-order chi connectivity index (χ0) is 12.4. The minimum absolute atomic E-state index is 0.0113. The number of Topliss-reactive ketones (excluding diaryl/α,β-unsaturated/α-hetero) is 1. The molecule has 0 aromatic heterocycles. The Hall–Kier alpha value is -1.97. The van der Waals surface area contributed by atoms with Gasteiger partial charge in [-0.2, -0.15) is 0 Å². The number of hydrogen-bond donors (Lipinski definition) is 0. The number of carbonyl (C=O) groups is 1. The van der Waals surface area contributed by atoms with Gasteiger partial charge in [-0.05, 0) is 17.7 Å². The third kappa shape index (κ3) is 1.86. The molecule has 4 heteroatoms. The zero-order valence-corrected chi connectivity index (χ0v) is 10.1. The second kappa shape index (κ2) is 4.49. The van der Waals surface area contributed by atoms with Crippen LogP contribution in [0.15, 0.2) is 24.0 Å². The molecule has 0 N–H and O–H groups in total. The van der Waals surface area contributed by atoms with E-state index in [0.717, 1.165) is 5.56 Å². The van der Waals surface area contributed by atoms with Gasteiger partial charge in [-0.1, -0.05) is 0 Å². The molecule has 0 fully saturated rings. The molecule has 0 saturated heterocycles. The Morgan fingerprint density at radius 3 is 2.35 bits per heavy atom. The van der Waals surface area contributed by atoms with Crippen LogP contribution in [0.25, 0.3) is 0 Å². The van der Waals surface area contributed by atoms with Crippen LogP contribution in [0, 0.1) is 0 Å². The van der Waals surface area contributed by atoms with Crippen LogP contribution in [-0.2, 0) is 11.2 Å². The summed E-state index contributed by atoms with van der Waals surface area (Å²) in [7, 11) is 4.66. The molecule has 2 rings (SSSR count). The van der Waals surface area contributed by atoms with E-state index >= 15 is 0 Å². The van der Waals surface area contributed by atoms with E-state index in [4.69, 9.17) is 14.2 Å². The summed E-state index contributed by atoms with van der Waals surface area (Å²) in [5.41, 5.74) is 2.25. The molecule has 1 aromatic rings. The van der Waals surface area contributed by atoms with Gasteiger partial charge in [0.25, 0.3) is 0 Å². The number of fused-ring (bicyclic) bond motifs is 1. The summed E-state index contributed by atoms with van der Waals surface area (Å²) in [6.07, 6.45) is 2.06. The van der Waals surface area contributed by atoms with Crippen LogP contribution in [0.5, 0.6) is 11.5 Å². The fourth-order valence-corrected chi connectivity index (χ4v) is 1.97. The molecule has 0 saturated carbocycles. The maximum absolute atomic E-state index is 12.0. The SMILES string of the molecule is CO/C=C1\Cc2cc(OC)c(OC)cc2C1=O. The first-order valence-corrected chi connectivity index (χ1v) is 5.22. The third-order valence-electron chi connectivity index (χ3n) is 2.79. The van der Waals surface area contributed by atoms with Crippen LogP contribution in [0.1, 0.15) is 15.9 Å². The monoisotopic (exact) mass is 234 g/mol. The van der Waals surface area contributed by atoms with Crippen molar-refractivity contribution in [1.82, 2.24) is 0 Å². The molecule has 0 amide bonds. The van der Waals surface area contributed by atoms with E-state index in [2.05, 4.69) is 0 Å². The zero-order valence-electron chi connectivity index (χ0n) is 10.1. The number of allylic oxidation sites excluding steroid dienone is 1. The highest BCUT2D eigenvalue weighted by Crippen LogP contribution is 2.36. The van der Waals surface area contributed by atoms with Crippen LogP contribution in [0.2, 0.25) is 0 Å². The average molecular weight is 234 g/mol. The van der Waals surface area contributed by atoms with Crippen molar-refractivity contribution in [2.24, 2.45) is 0 Å². The highest BCUT2D eigenvalue weighted by Gasteiger charge is 2.27. The van der Waals surface area contributed by atoms with Gasteiger partial charge in [0.05, 0.1) is 27.6 Å². The Bertz CT molecular complexity index is 488. The number of hydrogen-bond acceptors (Lipinski definition) is 4. The summed E-state index contributed by atoms with van der Waals surface area (Å²) < 4.78 is 15.3. The highest BCUT2D eigenvalue weighted by atomic mass is 16.5. The van der Waals surface area contributed by atoms with Crippen LogP contribution in [-0.4, -0.2) is 27.1 Å². The predicted octanol–water partition coefficient (Wildman–Crippen LogP) is 1.97. The number of methoxy groups -OCH3 is 3. The van der Waals surface area contributed by atoms with Gasteiger partial charge in [-0.3, -0.25) is 4.79 Å². The molecule has 1 aromatic carbocycles. The molecule has 1 aliphatic carbocycles. The van der Waals surface area contributed by atoms with E-state index in [0.29, 0.717) is 29.1 Å². The maximum atomic E-state index is 12.0. The largest absolute Gasteiger partial charge is 0.504 e. The van der Waals surface area contributed by atoms with E-state index < -0.39 is 0 Å². The van der Waals surface area contributed by atoms with Crippen molar-refractivity contribution in [1.29, 1.82) is 0 Å². The van der Waals surface area contributed by atoms with Crippen LogP contribution in [0.4, 0.5) is 0 Å². The van der Waals surface area contributed by atoms with Crippen LogP contribution in [0.3, 0.4) is 0 Å². The number of ketones is 1. The van der Waals surface area contributed by atoms with Crippen molar-refractivity contribution in [2.45, 2.75) is 6.42 Å². The average Bonchev–Trinajstić information content (AvgIpc) is 2.65. The lowest BCUT2D eigenvalue weighted by molar-refractivity contribution is 0.103. The maximum Gasteiger partial charge on any atom is 0.192 e. The fraction of sp³-hybridized carbons (Fsp3) is 0.308. The van der Waals surface area contributed by atoms with Gasteiger partial charge in [0.15, 0.2) is 17.3 Å². The van der Waals surface area contributed by atoms with E-state index in [1.165, 1.54) is 13.4 Å². The van der Waals surface area contributed by atoms with E-state index in [9.17, 15) is 4.79 Å². The van der Waals surface area contributed by atoms with Gasteiger partial charge in [0.2, 0.25) is 0 Å². The Morgan fingerprint density at radius 1 is 1.12 bits per heavy atom. The van der Waals surface area contributed by atoms with Crippen molar-refractivity contribution >= 4 is 5.78 Å². The molecule has 0 heterocycles. The molecule has 0 unspecified atom stereocenters. The lowest BCUT2D eigenvalue weighted by atomic mass is 10.1. The van der Waals surface area contributed by atoms with Gasteiger partial charge < -0.3 is 14.2 Å². The first-order valence-electron chi connectivity index (χ1n) is 5.22. The van der Waals surface area contributed by atoms with Gasteiger partial charge in [0.1, 0.15) is 0 Å². The number of ether oxygens (including phenoxy) is 3. The molecule has 0 atom stereocenters. The Morgan fingerprint density at radius 2 is 1.76 bits per heavy atom. The van der Waals surface area contributed by atoms with Crippen molar-refractivity contribution in [3.05, 3.63) is 35.1 Å². The quantitative estimate of drug-likeness (QED) is 0.592. The van der Waals surface area contributed by atoms with Crippen molar-refractivity contribution in [3.8, 4) is 11.5 Å². The predicted molar refractivity (Wildman–Crippen MR) is 62.7 cm³/mol. The highest BCUT2D eigenvalue weighted by molar-refractivity contribution is 6.13. The summed E-state index contributed by atoms with van der Waals surface area (Å²) in [4.78, 5) is 12.0. The topological polar surface area (TPSA) is 44.8 Å². The smallest absolute Gasteiger partial charge is 0.192 e. The molecule has 0 aliphatic heterocycles. The standard InChI is InChI=1S/C13H14O4/c1-15-7-9-4-8-5-11(16-2)12(17-3)6-10(8)13(9)14/h5-7H,4H2,1-3H3/b9-7+. The van der Waals surface area contributed by atoms with Crippen LogP contribution >= 0.6 is 0 Å². The Balaban J connectivity index is 2.49. The molecule has 90 valence electrons. The molecular weight excluding hydrogens is 220 g/mol. The second-order valence-electron chi connectivity index (χ2n) is 3.75. The third-order valence-corrected chi connectivity index (χ3v) is 2.79. The molecule has 0 spiro atoms. The van der Waals surface area contributed by atoms with Crippen molar-refractivity contribution in [2.75, 3.05) is 21.3 Å². The minimum Gasteiger partial charge on any atom is -0.504 e. The van der Waals surface area contributed by atoms with E-state index in [-0.39, 0.29) is 5.78 Å². The normalized spacial score (nSPS) is 15.9. The molecule has 4 nitrogen and oxygen atoms in total. The van der Waals surface area contributed by atoms with E-state index in [1.54, 1.807) is 20.3 Å². The van der Waals surface area contributed by atoms with Gasteiger partial charge in [-0.15, -0.1) is 0 Å². The second-order valence-corrected chi connectivity index (χ2v) is 3.75. The van der Waals surface area contributed by atoms with E-state index in [1.807, 2.05) is 6.07 Å². The Kier molecular flexibility index (Phi) is 3.04. The molecule has 0 radical (unpaired) electrons. The van der Waals surface area contributed by atoms with Crippen LogP contribution < -0.4 is 9.47 Å². The lowest BCUT2D eigenvalue weighted by Crippen LogP contribution is -1.97. The summed E-state index contributed by atoms with van der Waals surface area (Å²) >= 11 is 0. The molecule has 17 heavy (non-hydrogen) atoms. The number of benzene rings is 1.